The minimum Gasteiger partial charge on any atom is -0.451 e. The molecule has 2 aromatic heterocycles. The van der Waals surface area contributed by atoms with E-state index >= 15 is 0 Å². The number of hydrogen-bond donors (Lipinski definition) is 4. The van der Waals surface area contributed by atoms with Crippen LogP contribution < -0.4 is 32.1 Å². The summed E-state index contributed by atoms with van der Waals surface area (Å²) in [5.41, 5.74) is 7.03. The first-order valence-electron chi connectivity index (χ1n) is 20.5. The second kappa shape index (κ2) is 20.0. The van der Waals surface area contributed by atoms with E-state index in [1.165, 1.54) is 26.0 Å². The van der Waals surface area contributed by atoms with Gasteiger partial charge in [-0.2, -0.15) is 0 Å². The van der Waals surface area contributed by atoms with E-state index in [1.54, 1.807) is 48.5 Å². The topological polar surface area (TPSA) is 177 Å². The molecule has 324 valence electrons. The number of hydrogen-bond acceptors (Lipinski definition) is 8. The maximum absolute atomic E-state index is 13.8. The van der Waals surface area contributed by atoms with Crippen LogP contribution in [0, 0.1) is 0 Å². The van der Waals surface area contributed by atoms with E-state index in [2.05, 4.69) is 21.3 Å². The highest BCUT2D eigenvalue weighted by Crippen LogP contribution is 2.39. The average molecular weight is 890 g/mol. The Hall–Kier alpha value is -6.76. The Kier molecular flexibility index (Phi) is 14.5. The lowest BCUT2D eigenvalue weighted by molar-refractivity contribution is -0.115. The fourth-order valence-corrected chi connectivity index (χ4v) is 8.04. The van der Waals surface area contributed by atoms with Gasteiger partial charge in [0, 0.05) is 88.5 Å². The molecule has 0 unspecified atom stereocenters. The van der Waals surface area contributed by atoms with Crippen molar-refractivity contribution in [1.82, 2.24) is 0 Å². The number of rotatable bonds is 14. The van der Waals surface area contributed by atoms with Gasteiger partial charge in [0.05, 0.1) is 0 Å². The molecule has 0 spiro atoms. The van der Waals surface area contributed by atoms with E-state index in [9.17, 15) is 28.8 Å². The van der Waals surface area contributed by atoms with Gasteiger partial charge >= 0.3 is 0 Å². The number of amides is 4. The molecule has 0 aliphatic rings. The minimum absolute atomic E-state index is 0.185. The van der Waals surface area contributed by atoms with E-state index < -0.39 is 22.7 Å². The van der Waals surface area contributed by atoms with Gasteiger partial charge < -0.3 is 30.1 Å². The number of aryl methyl sites for hydroxylation is 2. The van der Waals surface area contributed by atoms with Crippen molar-refractivity contribution in [3.05, 3.63) is 160 Å². The highest BCUT2D eigenvalue weighted by atomic mass is 35.5. The van der Waals surface area contributed by atoms with Crippen molar-refractivity contribution in [2.24, 2.45) is 0 Å². The van der Waals surface area contributed by atoms with Crippen LogP contribution in [0.1, 0.15) is 96.0 Å². The van der Waals surface area contributed by atoms with E-state index in [0.29, 0.717) is 87.2 Å². The second-order valence-corrected chi connectivity index (χ2v) is 15.5. The molecule has 2 heterocycles. The second-order valence-electron chi connectivity index (χ2n) is 14.8. The molecule has 6 aromatic rings. The van der Waals surface area contributed by atoms with Crippen molar-refractivity contribution in [2.75, 3.05) is 21.3 Å². The van der Waals surface area contributed by atoms with Crippen LogP contribution in [-0.4, -0.2) is 23.6 Å². The van der Waals surface area contributed by atoms with Crippen molar-refractivity contribution in [2.45, 2.75) is 73.6 Å². The first-order chi connectivity index (χ1) is 30.1. The quantitative estimate of drug-likeness (QED) is 0.0835. The van der Waals surface area contributed by atoms with Crippen molar-refractivity contribution >= 4 is 69.6 Å². The molecule has 0 saturated heterocycles. The number of carbonyl (C=O) groups is 4. The summed E-state index contributed by atoms with van der Waals surface area (Å²) in [7, 11) is 0. The summed E-state index contributed by atoms with van der Waals surface area (Å²) in [6.07, 6.45) is 2.36. The predicted molar refractivity (Wildman–Crippen MR) is 249 cm³/mol. The maximum Gasteiger partial charge on any atom is 0.291 e. The first kappa shape index (κ1) is 45.8. The Bertz CT molecular complexity index is 2670. The molecule has 0 saturated carbocycles. The van der Waals surface area contributed by atoms with E-state index in [-0.39, 0.29) is 34.9 Å². The molecule has 0 fully saturated rings. The minimum atomic E-state index is -0.624. The molecule has 0 atom stereocenters. The van der Waals surface area contributed by atoms with E-state index in [0.717, 1.165) is 34.4 Å². The van der Waals surface area contributed by atoms with Gasteiger partial charge in [-0.05, 0) is 108 Å². The van der Waals surface area contributed by atoms with Gasteiger partial charge in [-0.1, -0.05) is 63.0 Å². The van der Waals surface area contributed by atoms with Gasteiger partial charge in [0.15, 0.2) is 22.4 Å². The SMILES string of the molecule is CCc1cc(Cc2cc(CC)c(NC(=O)c3cc(=O)cc(-c4ccc(NC(C)=O)cc4)o3)c(CC)c2Cl)c(Cl)c(CC)c1NC(=O)c1cc(=O)cc(-c2ccc(NC(C)=O)cc2)o1. The summed E-state index contributed by atoms with van der Waals surface area (Å²) >= 11 is 14.3. The zero-order valence-electron chi connectivity index (χ0n) is 35.6. The third-order valence-corrected chi connectivity index (χ3v) is 11.3. The Morgan fingerprint density at radius 1 is 0.492 bits per heavy atom. The van der Waals surface area contributed by atoms with Crippen LogP contribution in [0.15, 0.2) is 103 Å². The fraction of sp³-hybridized carbons (Fsp3) is 0.224. The van der Waals surface area contributed by atoms with Crippen molar-refractivity contribution in [3.8, 4) is 22.6 Å². The Morgan fingerprint density at radius 3 is 1.17 bits per heavy atom. The molecule has 14 heteroatoms. The Labute approximate surface area is 374 Å². The molecule has 0 aliphatic heterocycles. The average Bonchev–Trinajstić information content (AvgIpc) is 3.25. The number of halogens is 2. The van der Waals surface area contributed by atoms with Gasteiger partial charge in [0.25, 0.3) is 11.8 Å². The van der Waals surface area contributed by atoms with E-state index in [1.807, 2.05) is 39.8 Å². The number of carbonyl (C=O) groups excluding carboxylic acids is 4. The summed E-state index contributed by atoms with van der Waals surface area (Å²) in [6.45, 7) is 10.6. The third kappa shape index (κ3) is 10.7. The molecular weight excluding hydrogens is 843 g/mol. The Morgan fingerprint density at radius 2 is 0.857 bits per heavy atom. The molecule has 4 amide bonds. The lowest BCUT2D eigenvalue weighted by atomic mass is 9.92. The highest BCUT2D eigenvalue weighted by molar-refractivity contribution is 6.34. The number of anilines is 4. The zero-order chi connectivity index (χ0) is 45.5. The molecule has 4 aromatic carbocycles. The van der Waals surface area contributed by atoms with Crippen LogP contribution in [0.25, 0.3) is 22.6 Å². The standard InChI is InChI=1S/C49H46Cl2N4O8/c1-7-28-19-32(44(50)38(9-3)46(28)54-48(60)42-24-36(58)22-40(62-42)30-11-15-34(16-12-30)52-26(5)56)21-33-20-29(8-2)47(39(10-4)45(33)51)55-49(61)43-25-37(59)23-41(63-43)31-13-17-35(18-14-31)53-27(6)57/h11-20,22-25H,7-10,21H2,1-6H3,(H,52,56)(H,53,57)(H,54,60)(H,55,61). The van der Waals surface area contributed by atoms with Crippen molar-refractivity contribution in [3.63, 3.8) is 0 Å². The smallest absolute Gasteiger partial charge is 0.291 e. The van der Waals surface area contributed by atoms with Crippen LogP contribution in [-0.2, 0) is 41.7 Å². The van der Waals surface area contributed by atoms with Crippen LogP contribution >= 0.6 is 23.2 Å². The third-order valence-electron chi connectivity index (χ3n) is 10.3. The molecular formula is C49H46Cl2N4O8. The van der Waals surface area contributed by atoms with Crippen LogP contribution in [0.3, 0.4) is 0 Å². The summed E-state index contributed by atoms with van der Waals surface area (Å²) < 4.78 is 11.9. The molecule has 0 bridgehead atoms. The number of benzene rings is 4. The van der Waals surface area contributed by atoms with E-state index in [4.69, 9.17) is 32.0 Å². The highest BCUT2D eigenvalue weighted by Gasteiger charge is 2.24. The fourth-order valence-electron chi connectivity index (χ4n) is 7.34. The normalized spacial score (nSPS) is 10.9. The molecule has 63 heavy (non-hydrogen) atoms. The zero-order valence-corrected chi connectivity index (χ0v) is 37.2. The van der Waals surface area contributed by atoms with Gasteiger partial charge in [0.1, 0.15) is 11.5 Å². The summed E-state index contributed by atoms with van der Waals surface area (Å²) in [5, 5.41) is 12.2. The predicted octanol–water partition coefficient (Wildman–Crippen LogP) is 10.5. The summed E-state index contributed by atoms with van der Waals surface area (Å²) in [6, 6.07) is 22.1. The van der Waals surface area contributed by atoms with Crippen LogP contribution in [0.4, 0.5) is 22.7 Å². The molecule has 0 radical (unpaired) electrons. The van der Waals surface area contributed by atoms with Gasteiger partial charge in [-0.15, -0.1) is 0 Å². The van der Waals surface area contributed by atoms with Gasteiger partial charge in [-0.3, -0.25) is 28.8 Å². The Balaban J connectivity index is 1.27. The lowest BCUT2D eigenvalue weighted by Gasteiger charge is -2.22. The monoisotopic (exact) mass is 888 g/mol. The van der Waals surface area contributed by atoms with Crippen molar-refractivity contribution in [1.29, 1.82) is 0 Å². The number of nitrogens with one attached hydrogen (secondary N) is 4. The molecule has 0 aliphatic carbocycles. The largest absolute Gasteiger partial charge is 0.451 e. The summed E-state index contributed by atoms with van der Waals surface area (Å²) in [5.74, 6) is -1.69. The van der Waals surface area contributed by atoms with Crippen LogP contribution in [0.2, 0.25) is 10.0 Å². The maximum atomic E-state index is 13.8. The van der Waals surface area contributed by atoms with Crippen molar-refractivity contribution < 1.29 is 28.0 Å². The molecule has 12 nitrogen and oxygen atoms in total. The first-order valence-corrected chi connectivity index (χ1v) is 21.2. The summed E-state index contributed by atoms with van der Waals surface area (Å²) in [4.78, 5) is 75.9. The van der Waals surface area contributed by atoms with Gasteiger partial charge in [-0.25, -0.2) is 0 Å². The van der Waals surface area contributed by atoms with Crippen LogP contribution in [0.5, 0.6) is 0 Å². The van der Waals surface area contributed by atoms with Gasteiger partial charge in [0.2, 0.25) is 11.8 Å². The molecule has 4 N–H and O–H groups in total. The lowest BCUT2D eigenvalue weighted by Crippen LogP contribution is -2.18. The molecule has 6 rings (SSSR count).